The van der Waals surface area contributed by atoms with Crippen molar-refractivity contribution in [2.45, 2.75) is 45.6 Å². The molecule has 39 heavy (non-hydrogen) atoms. The number of amides is 3. The standard InChI is InChI=1S/C30H30ClN3O4S/c1-2-20-8-7-9-24-22(17-33(28(20)24)19-27(36)32-14-5-3-4-6-15-32)16-26-29(37)34(30(38)39-26)18-25(35)21-10-12-23(31)13-11-21/h7-13,16-17H,2-6,14-15,18-19H2,1H3/b26-16-. The number of hydrogen-bond acceptors (Lipinski definition) is 5. The summed E-state index contributed by atoms with van der Waals surface area (Å²) in [5.74, 6) is -0.751. The van der Waals surface area contributed by atoms with Gasteiger partial charge in [-0.1, -0.05) is 49.6 Å². The molecule has 0 atom stereocenters. The van der Waals surface area contributed by atoms with E-state index in [0.717, 1.165) is 83.9 Å². The van der Waals surface area contributed by atoms with Gasteiger partial charge in [0.15, 0.2) is 5.78 Å². The van der Waals surface area contributed by atoms with E-state index in [-0.39, 0.29) is 29.7 Å². The summed E-state index contributed by atoms with van der Waals surface area (Å²) in [4.78, 5) is 55.1. The number of nitrogens with zero attached hydrogens (tertiary/aromatic N) is 3. The number of aromatic nitrogens is 1. The van der Waals surface area contributed by atoms with E-state index >= 15 is 0 Å². The maximum atomic E-state index is 13.2. The zero-order valence-corrected chi connectivity index (χ0v) is 23.4. The molecule has 9 heteroatoms. The number of hydrogen-bond donors (Lipinski definition) is 0. The lowest BCUT2D eigenvalue weighted by Crippen LogP contribution is -2.34. The number of fused-ring (bicyclic) bond motifs is 1. The highest BCUT2D eigenvalue weighted by atomic mass is 35.5. The third-order valence-corrected chi connectivity index (χ3v) is 8.45. The van der Waals surface area contributed by atoms with Crippen LogP contribution in [0, 0.1) is 0 Å². The lowest BCUT2D eigenvalue weighted by atomic mass is 10.1. The van der Waals surface area contributed by atoms with Crippen molar-refractivity contribution in [1.29, 1.82) is 0 Å². The van der Waals surface area contributed by atoms with E-state index in [1.165, 1.54) is 0 Å². The van der Waals surface area contributed by atoms with E-state index in [1.54, 1.807) is 30.3 Å². The van der Waals surface area contributed by atoms with Crippen LogP contribution in [0.25, 0.3) is 17.0 Å². The first kappa shape index (κ1) is 27.2. The number of imide groups is 1. The minimum absolute atomic E-state index is 0.0901. The van der Waals surface area contributed by atoms with Gasteiger partial charge in [-0.2, -0.15) is 0 Å². The molecule has 3 amide bonds. The molecular formula is C30H30ClN3O4S. The fourth-order valence-corrected chi connectivity index (χ4v) is 6.16. The van der Waals surface area contributed by atoms with Crippen molar-refractivity contribution in [3.05, 3.63) is 75.3 Å². The van der Waals surface area contributed by atoms with Gasteiger partial charge >= 0.3 is 0 Å². The van der Waals surface area contributed by atoms with Crippen LogP contribution in [0.4, 0.5) is 4.79 Å². The number of likely N-dealkylation sites (tertiary alicyclic amines) is 1. The summed E-state index contributed by atoms with van der Waals surface area (Å²) in [5, 5.41) is 0.934. The zero-order valence-electron chi connectivity index (χ0n) is 21.8. The Morgan fingerprint density at radius 2 is 1.69 bits per heavy atom. The van der Waals surface area contributed by atoms with Gasteiger partial charge in [-0.25, -0.2) is 0 Å². The third kappa shape index (κ3) is 5.82. The van der Waals surface area contributed by atoms with Crippen LogP contribution in [0.1, 0.15) is 54.1 Å². The molecule has 5 rings (SSSR count). The lowest BCUT2D eigenvalue weighted by Gasteiger charge is -2.21. The van der Waals surface area contributed by atoms with Crippen molar-refractivity contribution >= 4 is 63.2 Å². The van der Waals surface area contributed by atoms with E-state index in [0.29, 0.717) is 10.6 Å². The molecular weight excluding hydrogens is 534 g/mol. The van der Waals surface area contributed by atoms with Gasteiger partial charge in [0.05, 0.1) is 17.0 Å². The van der Waals surface area contributed by atoms with Gasteiger partial charge in [-0.3, -0.25) is 24.1 Å². The van der Waals surface area contributed by atoms with Gasteiger partial charge in [-0.05, 0) is 66.9 Å². The average Bonchev–Trinajstić information content (AvgIpc) is 3.24. The topological polar surface area (TPSA) is 79.7 Å². The monoisotopic (exact) mass is 563 g/mol. The summed E-state index contributed by atoms with van der Waals surface area (Å²) < 4.78 is 1.97. The largest absolute Gasteiger partial charge is 0.341 e. The smallest absolute Gasteiger partial charge is 0.293 e. The SMILES string of the molecule is CCc1cccc2c(/C=C3\SC(=O)N(CC(=O)c4ccc(Cl)cc4)C3=O)cn(CC(=O)N3CCCCCC3)c12. The van der Waals surface area contributed by atoms with Crippen molar-refractivity contribution in [2.24, 2.45) is 0 Å². The zero-order chi connectivity index (χ0) is 27.5. The van der Waals surface area contributed by atoms with Gasteiger partial charge < -0.3 is 9.47 Å². The Morgan fingerprint density at radius 1 is 0.974 bits per heavy atom. The van der Waals surface area contributed by atoms with E-state index in [2.05, 4.69) is 13.0 Å². The average molecular weight is 564 g/mol. The molecule has 3 aromatic rings. The van der Waals surface area contributed by atoms with E-state index in [9.17, 15) is 19.2 Å². The molecule has 0 spiro atoms. The Balaban J connectivity index is 1.42. The Morgan fingerprint density at radius 3 is 2.38 bits per heavy atom. The molecule has 2 saturated heterocycles. The van der Waals surface area contributed by atoms with Crippen molar-refractivity contribution in [3.63, 3.8) is 0 Å². The summed E-state index contributed by atoms with van der Waals surface area (Å²) >= 11 is 6.73. The highest BCUT2D eigenvalue weighted by Gasteiger charge is 2.36. The van der Waals surface area contributed by atoms with Crippen LogP contribution in [0.3, 0.4) is 0 Å². The number of thioether (sulfide) groups is 1. The maximum Gasteiger partial charge on any atom is 0.293 e. The fourth-order valence-electron chi connectivity index (χ4n) is 5.20. The van der Waals surface area contributed by atoms with E-state index < -0.39 is 11.1 Å². The molecule has 3 heterocycles. The van der Waals surface area contributed by atoms with Gasteiger partial charge in [0.1, 0.15) is 6.54 Å². The van der Waals surface area contributed by atoms with Crippen LogP contribution in [0.5, 0.6) is 0 Å². The summed E-state index contributed by atoms with van der Waals surface area (Å²) in [6.45, 7) is 3.53. The van der Waals surface area contributed by atoms with Crippen LogP contribution in [-0.4, -0.2) is 56.8 Å². The molecule has 2 aliphatic rings. The number of carbonyl (C=O) groups is 4. The summed E-state index contributed by atoms with van der Waals surface area (Å²) in [6, 6.07) is 12.3. The van der Waals surface area contributed by atoms with E-state index in [4.69, 9.17) is 11.6 Å². The minimum atomic E-state index is -0.500. The highest BCUT2D eigenvalue weighted by Crippen LogP contribution is 2.35. The van der Waals surface area contributed by atoms with Gasteiger partial charge in [0, 0.05) is 40.8 Å². The number of benzene rings is 2. The molecule has 0 aliphatic carbocycles. The van der Waals surface area contributed by atoms with Crippen molar-refractivity contribution in [1.82, 2.24) is 14.4 Å². The van der Waals surface area contributed by atoms with Crippen molar-refractivity contribution in [3.8, 4) is 0 Å². The molecule has 1 aromatic heterocycles. The molecule has 7 nitrogen and oxygen atoms in total. The Kier molecular flexibility index (Phi) is 8.23. The van der Waals surface area contributed by atoms with Crippen LogP contribution >= 0.6 is 23.4 Å². The molecule has 202 valence electrons. The number of Topliss-reactive ketones (excluding diaryl/α,β-unsaturated/α-hetero) is 1. The van der Waals surface area contributed by atoms with Crippen molar-refractivity contribution < 1.29 is 19.2 Å². The number of ketones is 1. The predicted molar refractivity (Wildman–Crippen MR) is 155 cm³/mol. The maximum absolute atomic E-state index is 13.2. The van der Waals surface area contributed by atoms with Crippen LogP contribution in [0.2, 0.25) is 5.02 Å². The summed E-state index contributed by atoms with van der Waals surface area (Å²) in [7, 11) is 0. The van der Waals surface area contributed by atoms with Crippen LogP contribution in [-0.2, 0) is 22.6 Å². The fraction of sp³-hybridized carbons (Fsp3) is 0.333. The molecule has 2 fully saturated rings. The second kappa shape index (κ2) is 11.8. The normalized spacial score (nSPS) is 17.3. The molecule has 2 aromatic carbocycles. The molecule has 0 bridgehead atoms. The Labute approximate surface area is 236 Å². The predicted octanol–water partition coefficient (Wildman–Crippen LogP) is 6.18. The second-order valence-electron chi connectivity index (χ2n) is 9.87. The minimum Gasteiger partial charge on any atom is -0.341 e. The van der Waals surface area contributed by atoms with Gasteiger partial charge in [0.25, 0.3) is 11.1 Å². The third-order valence-electron chi connectivity index (χ3n) is 7.29. The first-order valence-electron chi connectivity index (χ1n) is 13.3. The molecule has 0 saturated carbocycles. The Hall–Kier alpha value is -3.36. The van der Waals surface area contributed by atoms with E-state index in [1.807, 2.05) is 27.8 Å². The summed E-state index contributed by atoms with van der Waals surface area (Å²) in [6.07, 6.45) is 8.75. The quantitative estimate of drug-likeness (QED) is 0.253. The molecule has 2 aliphatic heterocycles. The highest BCUT2D eigenvalue weighted by molar-refractivity contribution is 8.18. The summed E-state index contributed by atoms with van der Waals surface area (Å²) in [5.41, 5.74) is 3.22. The number of carbonyl (C=O) groups excluding carboxylic acids is 4. The first-order valence-corrected chi connectivity index (χ1v) is 14.5. The van der Waals surface area contributed by atoms with Crippen LogP contribution in [0.15, 0.2) is 53.6 Å². The van der Waals surface area contributed by atoms with Crippen molar-refractivity contribution in [2.75, 3.05) is 19.6 Å². The molecule has 0 unspecified atom stereocenters. The number of para-hydroxylation sites is 1. The second-order valence-corrected chi connectivity index (χ2v) is 11.3. The lowest BCUT2D eigenvalue weighted by molar-refractivity contribution is -0.131. The number of aryl methyl sites for hydroxylation is 1. The van der Waals surface area contributed by atoms with Gasteiger partial charge in [-0.15, -0.1) is 0 Å². The first-order chi connectivity index (χ1) is 18.9. The van der Waals surface area contributed by atoms with Gasteiger partial charge in [0.2, 0.25) is 5.91 Å². The molecule has 0 N–H and O–H groups in total. The Bertz CT molecular complexity index is 1470. The number of halogens is 1. The number of rotatable bonds is 7. The molecule has 0 radical (unpaired) electrons. The van der Waals surface area contributed by atoms with Crippen LogP contribution < -0.4 is 0 Å².